The number of carbonyl (C=O) groups excluding carboxylic acids is 1. The first-order chi connectivity index (χ1) is 7.31. The van der Waals surface area contributed by atoms with Crippen LogP contribution in [-0.4, -0.2) is 33.6 Å². The maximum Gasteiger partial charge on any atom is 0.329 e. The fourth-order valence-electron chi connectivity index (χ4n) is 1.31. The largest absolute Gasteiger partial charge is 0.481 e. The normalized spacial score (nSPS) is 13.9. The van der Waals surface area contributed by atoms with Crippen molar-refractivity contribution in [2.75, 3.05) is 0 Å². The van der Waals surface area contributed by atoms with Crippen molar-refractivity contribution in [2.45, 2.75) is 45.1 Å². The molecule has 0 saturated carbocycles. The fraction of sp³-hybridized carbons (Fsp3) is 0.700. The number of carboxylic acids is 2. The molecule has 0 aliphatic rings. The first-order valence-corrected chi connectivity index (χ1v) is 5.08. The molecule has 0 radical (unpaired) electrons. The number of hydrogen-bond acceptors (Lipinski definition) is 3. The van der Waals surface area contributed by atoms with Crippen LogP contribution in [0, 0.1) is 0 Å². The predicted octanol–water partition coefficient (Wildman–Crippen LogP) is 0.611. The van der Waals surface area contributed by atoms with Gasteiger partial charge in [-0.25, -0.2) is 4.79 Å². The van der Waals surface area contributed by atoms with Crippen molar-refractivity contribution >= 4 is 17.8 Å². The van der Waals surface area contributed by atoms with Crippen LogP contribution in [0.25, 0.3) is 0 Å². The highest BCUT2D eigenvalue weighted by Crippen LogP contribution is 2.13. The van der Waals surface area contributed by atoms with Crippen LogP contribution < -0.4 is 5.32 Å². The van der Waals surface area contributed by atoms with E-state index >= 15 is 0 Å². The molecule has 6 heteroatoms. The van der Waals surface area contributed by atoms with E-state index in [1.54, 1.807) is 0 Å². The fourth-order valence-corrected chi connectivity index (χ4v) is 1.31. The number of carbonyl (C=O) groups is 3. The summed E-state index contributed by atoms with van der Waals surface area (Å²) in [7, 11) is 0. The SMILES string of the molecule is CCCC(C)(NC(=O)CCC(=O)O)C(=O)O. The topological polar surface area (TPSA) is 104 Å². The minimum absolute atomic E-state index is 0.206. The number of rotatable bonds is 7. The van der Waals surface area contributed by atoms with Crippen LogP contribution in [0.5, 0.6) is 0 Å². The Hall–Kier alpha value is -1.59. The number of carboxylic acid groups (broad SMARTS) is 2. The van der Waals surface area contributed by atoms with Gasteiger partial charge in [-0.3, -0.25) is 9.59 Å². The second-order valence-corrected chi connectivity index (χ2v) is 3.83. The first kappa shape index (κ1) is 14.4. The Bertz CT molecular complexity index is 289. The van der Waals surface area contributed by atoms with Crippen LogP contribution >= 0.6 is 0 Å². The summed E-state index contributed by atoms with van der Waals surface area (Å²) in [6.45, 7) is 3.22. The summed E-state index contributed by atoms with van der Waals surface area (Å²) in [6.07, 6.45) is 0.415. The molecular weight excluding hydrogens is 214 g/mol. The Kier molecular flexibility index (Phi) is 5.49. The summed E-state index contributed by atoms with van der Waals surface area (Å²) in [4.78, 5) is 32.5. The lowest BCUT2D eigenvalue weighted by molar-refractivity contribution is -0.147. The molecule has 0 aliphatic carbocycles. The van der Waals surface area contributed by atoms with Gasteiger partial charge in [-0.2, -0.15) is 0 Å². The van der Waals surface area contributed by atoms with Crippen LogP contribution in [0.4, 0.5) is 0 Å². The molecule has 0 aromatic carbocycles. The van der Waals surface area contributed by atoms with E-state index in [9.17, 15) is 14.4 Å². The summed E-state index contributed by atoms with van der Waals surface area (Å²) < 4.78 is 0. The van der Waals surface area contributed by atoms with Crippen molar-refractivity contribution < 1.29 is 24.6 Å². The van der Waals surface area contributed by atoms with Gasteiger partial charge in [0.25, 0.3) is 0 Å². The van der Waals surface area contributed by atoms with Gasteiger partial charge in [0, 0.05) is 6.42 Å². The molecule has 1 unspecified atom stereocenters. The van der Waals surface area contributed by atoms with Gasteiger partial charge in [0.1, 0.15) is 5.54 Å². The summed E-state index contributed by atoms with van der Waals surface area (Å²) in [6, 6.07) is 0. The van der Waals surface area contributed by atoms with Crippen LogP contribution in [0.1, 0.15) is 39.5 Å². The van der Waals surface area contributed by atoms with Crippen LogP contribution in [0.2, 0.25) is 0 Å². The number of amides is 1. The van der Waals surface area contributed by atoms with Gasteiger partial charge < -0.3 is 15.5 Å². The Morgan fingerprint density at radius 2 is 1.75 bits per heavy atom. The molecule has 1 atom stereocenters. The zero-order valence-electron chi connectivity index (χ0n) is 9.45. The average Bonchev–Trinajstić information content (AvgIpc) is 2.14. The molecule has 1 amide bonds. The Morgan fingerprint density at radius 1 is 1.19 bits per heavy atom. The maximum atomic E-state index is 11.3. The van der Waals surface area contributed by atoms with Crippen LogP contribution in [0.15, 0.2) is 0 Å². The van der Waals surface area contributed by atoms with Gasteiger partial charge in [-0.1, -0.05) is 13.3 Å². The highest BCUT2D eigenvalue weighted by atomic mass is 16.4. The molecule has 0 bridgehead atoms. The van der Waals surface area contributed by atoms with Gasteiger partial charge in [0.05, 0.1) is 6.42 Å². The molecule has 92 valence electrons. The van der Waals surface area contributed by atoms with Gasteiger partial charge in [0.15, 0.2) is 0 Å². The van der Waals surface area contributed by atoms with Gasteiger partial charge in [-0.05, 0) is 13.3 Å². The minimum atomic E-state index is -1.32. The Balaban J connectivity index is 4.35. The summed E-state index contributed by atoms with van der Waals surface area (Å²) in [5, 5.41) is 19.7. The van der Waals surface area contributed by atoms with E-state index < -0.39 is 23.4 Å². The molecule has 0 heterocycles. The van der Waals surface area contributed by atoms with Crippen LogP contribution in [-0.2, 0) is 14.4 Å². The van der Waals surface area contributed by atoms with E-state index in [1.165, 1.54) is 6.92 Å². The molecule has 0 aliphatic heterocycles. The molecule has 0 saturated heterocycles. The van der Waals surface area contributed by atoms with Crippen molar-refractivity contribution in [3.8, 4) is 0 Å². The molecule has 0 aromatic rings. The van der Waals surface area contributed by atoms with E-state index in [0.717, 1.165) is 0 Å². The highest BCUT2D eigenvalue weighted by molar-refractivity contribution is 5.87. The summed E-state index contributed by atoms with van der Waals surface area (Å²) >= 11 is 0. The second-order valence-electron chi connectivity index (χ2n) is 3.83. The Labute approximate surface area is 93.6 Å². The number of nitrogens with one attached hydrogen (secondary N) is 1. The highest BCUT2D eigenvalue weighted by Gasteiger charge is 2.33. The minimum Gasteiger partial charge on any atom is -0.481 e. The average molecular weight is 231 g/mol. The van der Waals surface area contributed by atoms with E-state index in [2.05, 4.69) is 5.32 Å². The number of aliphatic carboxylic acids is 2. The summed E-state index contributed by atoms with van der Waals surface area (Å²) in [5.41, 5.74) is -1.32. The smallest absolute Gasteiger partial charge is 0.329 e. The van der Waals surface area contributed by atoms with E-state index in [4.69, 9.17) is 10.2 Å². The van der Waals surface area contributed by atoms with Crippen molar-refractivity contribution in [3.63, 3.8) is 0 Å². The Morgan fingerprint density at radius 3 is 2.12 bits per heavy atom. The van der Waals surface area contributed by atoms with Crippen molar-refractivity contribution in [1.82, 2.24) is 5.32 Å². The van der Waals surface area contributed by atoms with E-state index in [1.807, 2.05) is 6.92 Å². The lowest BCUT2D eigenvalue weighted by Gasteiger charge is -2.25. The monoisotopic (exact) mass is 231 g/mol. The molecule has 0 spiro atoms. The van der Waals surface area contributed by atoms with Gasteiger partial charge in [0.2, 0.25) is 5.91 Å². The third-order valence-corrected chi connectivity index (χ3v) is 2.20. The first-order valence-electron chi connectivity index (χ1n) is 5.08. The summed E-state index contributed by atoms with van der Waals surface area (Å²) in [5.74, 6) is -2.75. The van der Waals surface area contributed by atoms with Crippen molar-refractivity contribution in [3.05, 3.63) is 0 Å². The lowest BCUT2D eigenvalue weighted by atomic mass is 9.96. The van der Waals surface area contributed by atoms with Gasteiger partial charge in [-0.15, -0.1) is 0 Å². The predicted molar refractivity (Wildman–Crippen MR) is 56.0 cm³/mol. The van der Waals surface area contributed by atoms with E-state index in [-0.39, 0.29) is 12.8 Å². The molecule has 3 N–H and O–H groups in total. The van der Waals surface area contributed by atoms with Crippen LogP contribution in [0.3, 0.4) is 0 Å². The van der Waals surface area contributed by atoms with E-state index in [0.29, 0.717) is 12.8 Å². The third-order valence-electron chi connectivity index (χ3n) is 2.20. The maximum absolute atomic E-state index is 11.3. The lowest BCUT2D eigenvalue weighted by Crippen LogP contribution is -2.52. The molecule has 16 heavy (non-hydrogen) atoms. The number of hydrogen-bond donors (Lipinski definition) is 3. The van der Waals surface area contributed by atoms with Crippen molar-refractivity contribution in [1.29, 1.82) is 0 Å². The molecule has 0 rings (SSSR count). The molecule has 0 fully saturated rings. The third kappa shape index (κ3) is 4.77. The zero-order valence-corrected chi connectivity index (χ0v) is 9.45. The second kappa shape index (κ2) is 6.09. The standard InChI is InChI=1S/C10H17NO5/c1-3-6-10(2,9(15)16)11-7(12)4-5-8(13)14/h3-6H2,1-2H3,(H,11,12)(H,13,14)(H,15,16). The molecule has 0 aromatic heterocycles. The van der Waals surface area contributed by atoms with Gasteiger partial charge >= 0.3 is 11.9 Å². The quantitative estimate of drug-likeness (QED) is 0.595. The molecule has 6 nitrogen and oxygen atoms in total. The zero-order chi connectivity index (χ0) is 12.8. The molecular formula is C10H17NO5. The van der Waals surface area contributed by atoms with Crippen molar-refractivity contribution in [2.24, 2.45) is 0 Å².